The zero-order chi connectivity index (χ0) is 11.5. The molecule has 0 fully saturated rings. The van der Waals surface area contributed by atoms with E-state index < -0.39 is 6.10 Å². The molecule has 0 saturated heterocycles. The van der Waals surface area contributed by atoms with E-state index in [2.05, 4.69) is 10.3 Å². The summed E-state index contributed by atoms with van der Waals surface area (Å²) in [5, 5.41) is 12.8. The Labute approximate surface area is 93.3 Å². The van der Waals surface area contributed by atoms with Gasteiger partial charge in [0.05, 0.1) is 17.2 Å². The van der Waals surface area contributed by atoms with E-state index in [0.717, 1.165) is 10.9 Å². The molecular weight excluding hydrogens is 204 g/mol. The van der Waals surface area contributed by atoms with Crippen molar-refractivity contribution in [2.24, 2.45) is 0 Å². The molecule has 3 N–H and O–H groups in total. The summed E-state index contributed by atoms with van der Waals surface area (Å²) in [5.41, 5.74) is 1.42. The zero-order valence-electron chi connectivity index (χ0n) is 9.03. The highest BCUT2D eigenvalue weighted by Gasteiger charge is 2.10. The lowest BCUT2D eigenvalue weighted by atomic mass is 10.1. The van der Waals surface area contributed by atoms with Crippen molar-refractivity contribution in [3.8, 4) is 0 Å². The summed E-state index contributed by atoms with van der Waals surface area (Å²) in [6, 6.07) is 7.46. The van der Waals surface area contributed by atoms with E-state index in [0.29, 0.717) is 5.56 Å². The molecule has 2 aromatic rings. The molecule has 0 unspecified atom stereocenters. The van der Waals surface area contributed by atoms with Crippen molar-refractivity contribution in [2.45, 2.75) is 13.0 Å². The Kier molecular flexibility index (Phi) is 2.92. The van der Waals surface area contributed by atoms with Crippen LogP contribution in [0.2, 0.25) is 0 Å². The molecule has 1 heterocycles. The van der Waals surface area contributed by atoms with E-state index in [1.54, 1.807) is 19.2 Å². The van der Waals surface area contributed by atoms with Crippen molar-refractivity contribution in [2.75, 3.05) is 6.54 Å². The maximum Gasteiger partial charge on any atom is 0.253 e. The second kappa shape index (κ2) is 4.37. The lowest BCUT2D eigenvalue weighted by Crippen LogP contribution is -2.30. The molecule has 0 spiro atoms. The van der Waals surface area contributed by atoms with Gasteiger partial charge in [-0.15, -0.1) is 0 Å². The van der Waals surface area contributed by atoms with Crippen LogP contribution >= 0.6 is 0 Å². The molecule has 1 aromatic carbocycles. The first kappa shape index (κ1) is 10.7. The zero-order valence-corrected chi connectivity index (χ0v) is 9.03. The minimum atomic E-state index is -0.535. The number of aromatic nitrogens is 1. The van der Waals surface area contributed by atoms with E-state index in [9.17, 15) is 4.79 Å². The van der Waals surface area contributed by atoms with Gasteiger partial charge in [-0.1, -0.05) is 12.1 Å². The van der Waals surface area contributed by atoms with Gasteiger partial charge in [-0.3, -0.25) is 4.79 Å². The summed E-state index contributed by atoms with van der Waals surface area (Å²) in [4.78, 5) is 14.9. The lowest BCUT2D eigenvalue weighted by molar-refractivity contribution is 0.0925. The Morgan fingerprint density at radius 1 is 1.50 bits per heavy atom. The molecule has 4 nitrogen and oxygen atoms in total. The molecule has 0 saturated carbocycles. The molecule has 1 atom stereocenters. The maximum absolute atomic E-state index is 11.8. The van der Waals surface area contributed by atoms with Crippen LogP contribution in [0.25, 0.3) is 10.9 Å². The first-order chi connectivity index (χ1) is 7.68. The van der Waals surface area contributed by atoms with Crippen LogP contribution in [-0.4, -0.2) is 28.6 Å². The van der Waals surface area contributed by atoms with Gasteiger partial charge in [0.2, 0.25) is 0 Å². The normalized spacial score (nSPS) is 12.6. The van der Waals surface area contributed by atoms with Crippen LogP contribution in [0.1, 0.15) is 17.3 Å². The third kappa shape index (κ3) is 2.06. The Bertz CT molecular complexity index is 502. The fourth-order valence-electron chi connectivity index (χ4n) is 1.61. The summed E-state index contributed by atoms with van der Waals surface area (Å²) >= 11 is 0. The molecule has 1 amide bonds. The first-order valence-electron chi connectivity index (χ1n) is 5.21. The maximum atomic E-state index is 11.8. The number of carbonyl (C=O) groups is 1. The predicted octanol–water partition coefficient (Wildman–Crippen LogP) is 1.28. The predicted molar refractivity (Wildman–Crippen MR) is 62.3 cm³/mol. The smallest absolute Gasteiger partial charge is 0.253 e. The summed E-state index contributed by atoms with van der Waals surface area (Å²) in [7, 11) is 0. The summed E-state index contributed by atoms with van der Waals surface area (Å²) in [5.74, 6) is -0.172. The number of rotatable bonds is 3. The van der Waals surface area contributed by atoms with E-state index in [4.69, 9.17) is 5.11 Å². The number of aliphatic hydroxyl groups excluding tert-OH is 1. The van der Waals surface area contributed by atoms with E-state index in [-0.39, 0.29) is 12.5 Å². The second-order valence-electron chi connectivity index (χ2n) is 3.81. The highest BCUT2D eigenvalue weighted by molar-refractivity contribution is 6.05. The number of hydrogen-bond acceptors (Lipinski definition) is 2. The highest BCUT2D eigenvalue weighted by atomic mass is 16.3. The number of benzene rings is 1. The molecule has 84 valence electrons. The number of aromatic amines is 1. The van der Waals surface area contributed by atoms with Gasteiger partial charge in [0, 0.05) is 18.1 Å². The lowest BCUT2D eigenvalue weighted by Gasteiger charge is -2.07. The van der Waals surface area contributed by atoms with Gasteiger partial charge in [-0.2, -0.15) is 0 Å². The van der Waals surface area contributed by atoms with Crippen LogP contribution in [0.4, 0.5) is 0 Å². The molecule has 4 heteroatoms. The van der Waals surface area contributed by atoms with Crippen LogP contribution in [0, 0.1) is 0 Å². The van der Waals surface area contributed by atoms with E-state index in [1.165, 1.54) is 0 Å². The number of fused-ring (bicyclic) bond motifs is 1. The van der Waals surface area contributed by atoms with Crippen molar-refractivity contribution in [3.63, 3.8) is 0 Å². The molecule has 0 aliphatic carbocycles. The van der Waals surface area contributed by atoms with Crippen molar-refractivity contribution in [3.05, 3.63) is 36.0 Å². The minimum Gasteiger partial charge on any atom is -0.392 e. The van der Waals surface area contributed by atoms with E-state index >= 15 is 0 Å². The number of carbonyl (C=O) groups excluding carboxylic acids is 1. The topological polar surface area (TPSA) is 65.1 Å². The van der Waals surface area contributed by atoms with Crippen molar-refractivity contribution in [1.29, 1.82) is 0 Å². The largest absolute Gasteiger partial charge is 0.392 e. The standard InChI is InChI=1S/C12H14N2O2/c1-8(15)7-14-12(16)10-4-2-3-9-5-6-13-11(9)10/h2-6,8,13,15H,7H2,1H3,(H,14,16)/t8-/m0/s1. The van der Waals surface area contributed by atoms with Gasteiger partial charge in [0.25, 0.3) is 5.91 Å². The number of H-pyrrole nitrogens is 1. The average Bonchev–Trinajstić information content (AvgIpc) is 2.73. The van der Waals surface area contributed by atoms with Gasteiger partial charge in [-0.25, -0.2) is 0 Å². The Morgan fingerprint density at radius 3 is 3.06 bits per heavy atom. The summed E-state index contributed by atoms with van der Waals surface area (Å²) in [6.07, 6.45) is 1.27. The van der Waals surface area contributed by atoms with Gasteiger partial charge >= 0.3 is 0 Å². The van der Waals surface area contributed by atoms with Crippen LogP contribution in [0.15, 0.2) is 30.5 Å². The molecule has 0 radical (unpaired) electrons. The highest BCUT2D eigenvalue weighted by Crippen LogP contribution is 2.16. The molecule has 16 heavy (non-hydrogen) atoms. The molecule has 2 rings (SSSR count). The van der Waals surface area contributed by atoms with Gasteiger partial charge in [0.1, 0.15) is 0 Å². The second-order valence-corrected chi connectivity index (χ2v) is 3.81. The quantitative estimate of drug-likeness (QED) is 0.726. The summed E-state index contributed by atoms with van der Waals surface area (Å²) in [6.45, 7) is 1.89. The fraction of sp³-hybridized carbons (Fsp3) is 0.250. The SMILES string of the molecule is C[C@H](O)CNC(=O)c1cccc2cc[nH]c12. The monoisotopic (exact) mass is 218 g/mol. The third-order valence-electron chi connectivity index (χ3n) is 2.39. The molecular formula is C12H14N2O2. The molecule has 0 aliphatic heterocycles. The molecule has 1 aromatic heterocycles. The third-order valence-corrected chi connectivity index (χ3v) is 2.39. The van der Waals surface area contributed by atoms with Gasteiger partial charge < -0.3 is 15.4 Å². The van der Waals surface area contributed by atoms with Crippen molar-refractivity contribution < 1.29 is 9.90 Å². The average molecular weight is 218 g/mol. The number of amides is 1. The Hall–Kier alpha value is -1.81. The van der Waals surface area contributed by atoms with Crippen LogP contribution in [-0.2, 0) is 0 Å². The number of aliphatic hydroxyl groups is 1. The molecule has 0 aliphatic rings. The minimum absolute atomic E-state index is 0.172. The Morgan fingerprint density at radius 2 is 2.31 bits per heavy atom. The number of nitrogens with one attached hydrogen (secondary N) is 2. The first-order valence-corrected chi connectivity index (χ1v) is 5.21. The Balaban J connectivity index is 2.25. The van der Waals surface area contributed by atoms with Crippen molar-refractivity contribution in [1.82, 2.24) is 10.3 Å². The van der Waals surface area contributed by atoms with Gasteiger partial charge in [-0.05, 0) is 19.1 Å². The summed E-state index contributed by atoms with van der Waals surface area (Å²) < 4.78 is 0. The van der Waals surface area contributed by atoms with Crippen molar-refractivity contribution >= 4 is 16.8 Å². The van der Waals surface area contributed by atoms with Crippen LogP contribution in [0.5, 0.6) is 0 Å². The fourth-order valence-corrected chi connectivity index (χ4v) is 1.61. The van der Waals surface area contributed by atoms with E-state index in [1.807, 2.05) is 18.2 Å². The van der Waals surface area contributed by atoms with Crippen LogP contribution < -0.4 is 5.32 Å². The number of para-hydroxylation sites is 1. The van der Waals surface area contributed by atoms with Crippen LogP contribution in [0.3, 0.4) is 0 Å². The number of hydrogen-bond donors (Lipinski definition) is 3. The molecule has 0 bridgehead atoms. The van der Waals surface area contributed by atoms with Gasteiger partial charge in [0.15, 0.2) is 0 Å².